The monoisotopic (exact) mass is 173 g/mol. The average Bonchev–Trinajstić information content (AvgIpc) is 2.49. The molecule has 2 heterocycles. The predicted octanol–water partition coefficient (Wildman–Crippen LogP) is 2.59. The van der Waals surface area contributed by atoms with Gasteiger partial charge in [-0.1, -0.05) is 5.92 Å². The largest absolute Gasteiger partial charge is 0.255 e. The molecule has 58 valence electrons. The summed E-state index contributed by atoms with van der Waals surface area (Å²) in [5.41, 5.74) is 2.25. The Labute approximate surface area is 75.1 Å². The third kappa shape index (κ3) is 0.992. The van der Waals surface area contributed by atoms with Crippen LogP contribution in [0.3, 0.4) is 0 Å². The molecule has 0 aliphatic heterocycles. The van der Waals surface area contributed by atoms with Crippen molar-refractivity contribution < 1.29 is 0 Å². The summed E-state index contributed by atoms with van der Waals surface area (Å²) in [4.78, 5) is 5.18. The van der Waals surface area contributed by atoms with Crippen LogP contribution < -0.4 is 0 Å². The van der Waals surface area contributed by atoms with Gasteiger partial charge in [0, 0.05) is 6.20 Å². The Bertz CT molecular complexity index is 462. The van der Waals surface area contributed by atoms with Crippen LogP contribution >= 0.6 is 11.3 Å². The molecule has 0 spiro atoms. The van der Waals surface area contributed by atoms with Crippen molar-refractivity contribution in [3.05, 3.63) is 28.8 Å². The van der Waals surface area contributed by atoms with Crippen LogP contribution in [0.5, 0.6) is 0 Å². The van der Waals surface area contributed by atoms with Crippen molar-refractivity contribution in [3.8, 4) is 12.3 Å². The first kappa shape index (κ1) is 7.33. The van der Waals surface area contributed by atoms with E-state index in [1.165, 1.54) is 10.3 Å². The van der Waals surface area contributed by atoms with Gasteiger partial charge in [-0.2, -0.15) is 0 Å². The maximum Gasteiger partial charge on any atom is 0.0825 e. The summed E-state index contributed by atoms with van der Waals surface area (Å²) in [5.74, 6) is 2.62. The van der Waals surface area contributed by atoms with E-state index < -0.39 is 0 Å². The molecule has 2 heteroatoms. The molecule has 1 nitrogen and oxygen atoms in total. The van der Waals surface area contributed by atoms with Crippen molar-refractivity contribution in [1.29, 1.82) is 0 Å². The van der Waals surface area contributed by atoms with Crippen LogP contribution in [-0.2, 0) is 0 Å². The van der Waals surface area contributed by atoms with E-state index in [-0.39, 0.29) is 0 Å². The van der Waals surface area contributed by atoms with Crippen molar-refractivity contribution in [2.45, 2.75) is 6.92 Å². The van der Waals surface area contributed by atoms with Gasteiger partial charge in [-0.05, 0) is 24.6 Å². The Kier molecular flexibility index (Phi) is 1.60. The lowest BCUT2D eigenvalue weighted by Gasteiger charge is -1.90. The zero-order valence-corrected chi connectivity index (χ0v) is 7.48. The third-order valence-electron chi connectivity index (χ3n) is 1.75. The van der Waals surface area contributed by atoms with Gasteiger partial charge >= 0.3 is 0 Å². The van der Waals surface area contributed by atoms with Crippen LogP contribution in [0.25, 0.3) is 10.2 Å². The number of nitrogens with zero attached hydrogens (tertiary/aromatic N) is 1. The number of terminal acetylenes is 1. The van der Waals surface area contributed by atoms with Gasteiger partial charge < -0.3 is 0 Å². The van der Waals surface area contributed by atoms with Gasteiger partial charge in [0.15, 0.2) is 0 Å². The van der Waals surface area contributed by atoms with Crippen LogP contribution in [0.15, 0.2) is 18.3 Å². The van der Waals surface area contributed by atoms with Crippen LogP contribution in [0.4, 0.5) is 0 Å². The van der Waals surface area contributed by atoms with Crippen molar-refractivity contribution in [2.75, 3.05) is 0 Å². The molecule has 12 heavy (non-hydrogen) atoms. The fourth-order valence-electron chi connectivity index (χ4n) is 1.14. The van der Waals surface area contributed by atoms with Gasteiger partial charge in [0.2, 0.25) is 0 Å². The quantitative estimate of drug-likeness (QED) is 0.558. The number of thiophene rings is 1. The van der Waals surface area contributed by atoms with E-state index in [0.717, 1.165) is 10.4 Å². The molecule has 0 fully saturated rings. The lowest BCUT2D eigenvalue weighted by molar-refractivity contribution is 1.39. The minimum atomic E-state index is 0.951. The second-order valence-electron chi connectivity index (χ2n) is 2.60. The van der Waals surface area contributed by atoms with Crippen molar-refractivity contribution in [2.24, 2.45) is 0 Å². The Hall–Kier alpha value is -1.33. The highest BCUT2D eigenvalue weighted by Crippen LogP contribution is 2.25. The van der Waals surface area contributed by atoms with Crippen LogP contribution in [-0.4, -0.2) is 4.98 Å². The third-order valence-corrected chi connectivity index (χ3v) is 2.94. The predicted molar refractivity (Wildman–Crippen MR) is 52.3 cm³/mol. The van der Waals surface area contributed by atoms with Gasteiger partial charge in [-0.25, -0.2) is 0 Å². The molecule has 0 aromatic carbocycles. The molecular weight excluding hydrogens is 166 g/mol. The van der Waals surface area contributed by atoms with Crippen LogP contribution in [0, 0.1) is 19.3 Å². The molecule has 0 saturated heterocycles. The first-order valence-electron chi connectivity index (χ1n) is 3.63. The van der Waals surface area contributed by atoms with Gasteiger partial charge in [0.1, 0.15) is 0 Å². The summed E-state index contributed by atoms with van der Waals surface area (Å²) in [6.07, 6.45) is 7.11. The summed E-state index contributed by atoms with van der Waals surface area (Å²) in [5, 5.41) is 0. The minimum absolute atomic E-state index is 0.951. The SMILES string of the molecule is C#Cc1cc2nccc(C)c2s1. The lowest BCUT2D eigenvalue weighted by Crippen LogP contribution is -1.73. The number of aryl methyl sites for hydroxylation is 1. The number of pyridine rings is 1. The number of fused-ring (bicyclic) bond motifs is 1. The van der Waals surface area contributed by atoms with Crippen LogP contribution in [0.2, 0.25) is 0 Å². The summed E-state index contributed by atoms with van der Waals surface area (Å²) < 4.78 is 1.20. The smallest absolute Gasteiger partial charge is 0.0825 e. The van der Waals surface area contributed by atoms with E-state index in [0.29, 0.717) is 0 Å². The normalized spacial score (nSPS) is 10.0. The molecule has 0 bridgehead atoms. The van der Waals surface area contributed by atoms with E-state index in [4.69, 9.17) is 6.42 Å². The molecule has 0 atom stereocenters. The molecule has 0 radical (unpaired) electrons. The van der Waals surface area contributed by atoms with Crippen molar-refractivity contribution in [3.63, 3.8) is 0 Å². The fourth-order valence-corrected chi connectivity index (χ4v) is 2.03. The van der Waals surface area contributed by atoms with Crippen molar-refractivity contribution in [1.82, 2.24) is 4.98 Å². The molecule has 0 aliphatic carbocycles. The van der Waals surface area contributed by atoms with E-state index in [1.54, 1.807) is 11.3 Å². The van der Waals surface area contributed by atoms with E-state index in [1.807, 2.05) is 18.3 Å². The van der Waals surface area contributed by atoms with E-state index in [2.05, 4.69) is 17.8 Å². The summed E-state index contributed by atoms with van der Waals surface area (Å²) >= 11 is 1.63. The summed E-state index contributed by atoms with van der Waals surface area (Å²) in [7, 11) is 0. The van der Waals surface area contributed by atoms with Crippen LogP contribution in [0.1, 0.15) is 10.4 Å². The van der Waals surface area contributed by atoms with Gasteiger partial charge in [-0.3, -0.25) is 4.98 Å². The number of hydrogen-bond donors (Lipinski definition) is 0. The second-order valence-corrected chi connectivity index (χ2v) is 3.65. The summed E-state index contributed by atoms with van der Waals surface area (Å²) in [6.45, 7) is 2.07. The fraction of sp³-hybridized carbons (Fsp3) is 0.100. The standard InChI is InChI=1S/C10H7NS/c1-3-8-6-9-10(12-8)7(2)4-5-11-9/h1,4-6H,2H3. The topological polar surface area (TPSA) is 12.9 Å². The molecule has 2 aromatic heterocycles. The van der Waals surface area contributed by atoms with Gasteiger partial charge in [-0.15, -0.1) is 17.8 Å². The number of rotatable bonds is 0. The maximum absolute atomic E-state index is 5.30. The zero-order valence-electron chi connectivity index (χ0n) is 6.66. The molecule has 2 aromatic rings. The molecule has 2 rings (SSSR count). The molecule has 0 amide bonds. The van der Waals surface area contributed by atoms with Gasteiger partial charge in [0.25, 0.3) is 0 Å². The van der Waals surface area contributed by atoms with Crippen molar-refractivity contribution >= 4 is 21.6 Å². The number of hydrogen-bond acceptors (Lipinski definition) is 2. The minimum Gasteiger partial charge on any atom is -0.255 e. The molecule has 0 saturated carbocycles. The highest BCUT2D eigenvalue weighted by molar-refractivity contribution is 7.19. The van der Waals surface area contributed by atoms with E-state index >= 15 is 0 Å². The maximum atomic E-state index is 5.30. The summed E-state index contributed by atoms with van der Waals surface area (Å²) in [6, 6.07) is 3.95. The molecular formula is C10H7NS. The molecule has 0 aliphatic rings. The Morgan fingerprint density at radius 2 is 2.42 bits per heavy atom. The number of aromatic nitrogens is 1. The van der Waals surface area contributed by atoms with E-state index in [9.17, 15) is 0 Å². The lowest BCUT2D eigenvalue weighted by atomic mass is 10.3. The molecule has 0 N–H and O–H groups in total. The average molecular weight is 173 g/mol. The highest BCUT2D eigenvalue weighted by atomic mass is 32.1. The highest BCUT2D eigenvalue weighted by Gasteiger charge is 2.01. The van der Waals surface area contributed by atoms with Gasteiger partial charge in [0.05, 0.1) is 15.1 Å². The molecule has 0 unspecified atom stereocenters. The zero-order chi connectivity index (χ0) is 8.55. The Balaban J connectivity index is 2.85. The first-order valence-corrected chi connectivity index (χ1v) is 4.44. The Morgan fingerprint density at radius 3 is 3.08 bits per heavy atom. The Morgan fingerprint density at radius 1 is 1.58 bits per heavy atom. The first-order chi connectivity index (χ1) is 5.81. The second kappa shape index (κ2) is 2.62.